The Bertz CT molecular complexity index is 571. The normalized spacial score (nSPS) is 12.2. The highest BCUT2D eigenvalue weighted by molar-refractivity contribution is 6.20. The number of hydrogen-bond donors (Lipinski definition) is 0. The number of ether oxygens (including phenoxy) is 2. The average Bonchev–Trinajstić information content (AvgIpc) is 2.96. The van der Waals surface area contributed by atoms with Gasteiger partial charge in [0.25, 0.3) is 5.89 Å². The molecule has 2 rings (SSSR count). The third-order valence-electron chi connectivity index (χ3n) is 2.90. The molecule has 0 aliphatic heterocycles. The summed E-state index contributed by atoms with van der Waals surface area (Å²) >= 11 is 6.19. The van der Waals surface area contributed by atoms with E-state index < -0.39 is 0 Å². The Morgan fingerprint density at radius 3 is 2.75 bits per heavy atom. The largest absolute Gasteiger partial charge is 0.497 e. The van der Waals surface area contributed by atoms with Crippen molar-refractivity contribution in [1.82, 2.24) is 10.1 Å². The van der Waals surface area contributed by atoms with E-state index >= 15 is 0 Å². The summed E-state index contributed by atoms with van der Waals surface area (Å²) in [5, 5.41) is 3.69. The van der Waals surface area contributed by atoms with E-state index in [-0.39, 0.29) is 5.38 Å². The highest BCUT2D eigenvalue weighted by Crippen LogP contribution is 2.33. The molecule has 1 atom stereocenters. The zero-order chi connectivity index (χ0) is 14.5. The van der Waals surface area contributed by atoms with Crippen molar-refractivity contribution in [2.75, 3.05) is 14.2 Å². The maximum Gasteiger partial charge on any atom is 0.261 e. The molecule has 20 heavy (non-hydrogen) atoms. The van der Waals surface area contributed by atoms with Gasteiger partial charge in [0.2, 0.25) is 0 Å². The predicted molar refractivity (Wildman–Crippen MR) is 76.3 cm³/mol. The van der Waals surface area contributed by atoms with Crippen LogP contribution in [0.2, 0.25) is 0 Å². The van der Waals surface area contributed by atoms with Crippen molar-refractivity contribution in [2.45, 2.75) is 25.1 Å². The van der Waals surface area contributed by atoms with Crippen LogP contribution in [-0.4, -0.2) is 24.4 Å². The third kappa shape index (κ3) is 3.04. The van der Waals surface area contributed by atoms with Crippen LogP contribution >= 0.6 is 11.6 Å². The van der Waals surface area contributed by atoms with Crippen molar-refractivity contribution in [3.8, 4) is 23.0 Å². The number of halogens is 1. The number of benzene rings is 1. The van der Waals surface area contributed by atoms with Crippen molar-refractivity contribution < 1.29 is 14.0 Å². The molecule has 108 valence electrons. The molecule has 6 heteroatoms. The van der Waals surface area contributed by atoms with Gasteiger partial charge in [-0.1, -0.05) is 18.5 Å². The summed E-state index contributed by atoms with van der Waals surface area (Å²) < 4.78 is 15.7. The van der Waals surface area contributed by atoms with E-state index in [4.69, 9.17) is 25.6 Å². The lowest BCUT2D eigenvalue weighted by atomic mass is 10.2. The van der Waals surface area contributed by atoms with E-state index in [9.17, 15) is 0 Å². The van der Waals surface area contributed by atoms with Crippen LogP contribution in [0.4, 0.5) is 0 Å². The average molecular weight is 297 g/mol. The molecule has 0 fully saturated rings. The molecule has 0 saturated heterocycles. The monoisotopic (exact) mass is 296 g/mol. The van der Waals surface area contributed by atoms with E-state index in [0.29, 0.717) is 28.8 Å². The summed E-state index contributed by atoms with van der Waals surface area (Å²) in [7, 11) is 3.18. The van der Waals surface area contributed by atoms with Gasteiger partial charge < -0.3 is 14.0 Å². The van der Waals surface area contributed by atoms with Crippen LogP contribution in [0.25, 0.3) is 11.5 Å². The van der Waals surface area contributed by atoms with E-state index in [2.05, 4.69) is 17.1 Å². The van der Waals surface area contributed by atoms with E-state index in [0.717, 1.165) is 12.8 Å². The van der Waals surface area contributed by atoms with Crippen LogP contribution < -0.4 is 9.47 Å². The Morgan fingerprint density at radius 1 is 1.30 bits per heavy atom. The third-order valence-corrected chi connectivity index (χ3v) is 3.32. The summed E-state index contributed by atoms with van der Waals surface area (Å²) in [5.74, 6) is 2.20. The first-order valence-electron chi connectivity index (χ1n) is 6.39. The van der Waals surface area contributed by atoms with Crippen molar-refractivity contribution >= 4 is 11.6 Å². The molecule has 1 heterocycles. The van der Waals surface area contributed by atoms with Crippen molar-refractivity contribution in [1.29, 1.82) is 0 Å². The molecule has 1 aromatic heterocycles. The van der Waals surface area contributed by atoms with Crippen LogP contribution in [0.3, 0.4) is 0 Å². The number of rotatable bonds is 6. The number of aromatic nitrogens is 2. The molecule has 2 aromatic rings. The second-order valence-electron chi connectivity index (χ2n) is 4.28. The highest BCUT2D eigenvalue weighted by atomic mass is 35.5. The van der Waals surface area contributed by atoms with E-state index in [1.54, 1.807) is 20.3 Å². The van der Waals surface area contributed by atoms with E-state index in [1.807, 2.05) is 12.1 Å². The van der Waals surface area contributed by atoms with Crippen LogP contribution in [0.15, 0.2) is 22.7 Å². The first kappa shape index (κ1) is 14.7. The van der Waals surface area contributed by atoms with Gasteiger partial charge in [0.15, 0.2) is 5.82 Å². The fraction of sp³-hybridized carbons (Fsp3) is 0.429. The van der Waals surface area contributed by atoms with Gasteiger partial charge in [-0.15, -0.1) is 11.6 Å². The van der Waals surface area contributed by atoms with Crippen molar-refractivity contribution in [3.63, 3.8) is 0 Å². The van der Waals surface area contributed by atoms with Gasteiger partial charge in [-0.25, -0.2) is 0 Å². The quantitative estimate of drug-likeness (QED) is 0.758. The number of alkyl halides is 1. The number of hydrogen-bond acceptors (Lipinski definition) is 5. The fourth-order valence-electron chi connectivity index (χ4n) is 1.83. The van der Waals surface area contributed by atoms with Gasteiger partial charge in [-0.2, -0.15) is 4.98 Å². The number of nitrogens with zero attached hydrogens (tertiary/aromatic N) is 2. The lowest BCUT2D eigenvalue weighted by Gasteiger charge is -2.07. The van der Waals surface area contributed by atoms with Crippen LogP contribution in [0, 0.1) is 0 Å². The topological polar surface area (TPSA) is 57.4 Å². The standard InChI is InChI=1S/C14H17ClN2O3/c1-4-5-11(15)13-16-14(20-17-13)10-7-6-9(18-2)8-12(10)19-3/h6-8,11H,4-5H2,1-3H3. The Morgan fingerprint density at radius 2 is 2.10 bits per heavy atom. The minimum atomic E-state index is -0.234. The molecule has 0 aliphatic rings. The highest BCUT2D eigenvalue weighted by Gasteiger charge is 2.18. The van der Waals surface area contributed by atoms with Gasteiger partial charge in [0.05, 0.1) is 25.2 Å². The summed E-state index contributed by atoms with van der Waals surface area (Å²) in [4.78, 5) is 4.33. The minimum Gasteiger partial charge on any atom is -0.497 e. The lowest BCUT2D eigenvalue weighted by Crippen LogP contribution is -1.93. The predicted octanol–water partition coefficient (Wildman–Crippen LogP) is 3.83. The zero-order valence-electron chi connectivity index (χ0n) is 11.7. The van der Waals surface area contributed by atoms with Crippen molar-refractivity contribution in [2.24, 2.45) is 0 Å². The first-order chi connectivity index (χ1) is 9.69. The molecular formula is C14H17ClN2O3. The molecule has 0 spiro atoms. The molecule has 0 saturated carbocycles. The maximum absolute atomic E-state index is 6.19. The van der Waals surface area contributed by atoms with Crippen molar-refractivity contribution in [3.05, 3.63) is 24.0 Å². The van der Waals surface area contributed by atoms with Gasteiger partial charge >= 0.3 is 0 Å². The van der Waals surface area contributed by atoms with Crippen LogP contribution in [0.1, 0.15) is 31.0 Å². The van der Waals surface area contributed by atoms with Gasteiger partial charge in [0, 0.05) is 6.07 Å². The van der Waals surface area contributed by atoms with Crippen LogP contribution in [-0.2, 0) is 0 Å². The van der Waals surface area contributed by atoms with Gasteiger partial charge in [0.1, 0.15) is 11.5 Å². The Kier molecular flexibility index (Phi) is 4.84. The Labute approximate surface area is 122 Å². The molecular weight excluding hydrogens is 280 g/mol. The second kappa shape index (κ2) is 6.61. The maximum atomic E-state index is 6.19. The minimum absolute atomic E-state index is 0.234. The molecule has 0 amide bonds. The molecule has 1 aromatic carbocycles. The summed E-state index contributed by atoms with van der Waals surface area (Å²) in [6.45, 7) is 2.06. The molecule has 5 nitrogen and oxygen atoms in total. The van der Waals surface area contributed by atoms with Gasteiger partial charge in [-0.05, 0) is 18.6 Å². The Hall–Kier alpha value is -1.75. The number of methoxy groups -OCH3 is 2. The van der Waals surface area contributed by atoms with Crippen LogP contribution in [0.5, 0.6) is 11.5 Å². The summed E-state index contributed by atoms with van der Waals surface area (Å²) in [5.41, 5.74) is 0.715. The summed E-state index contributed by atoms with van der Waals surface area (Å²) in [6, 6.07) is 5.40. The second-order valence-corrected chi connectivity index (χ2v) is 4.81. The fourth-order valence-corrected chi connectivity index (χ4v) is 2.14. The zero-order valence-corrected chi connectivity index (χ0v) is 12.5. The summed E-state index contributed by atoms with van der Waals surface area (Å²) in [6.07, 6.45) is 1.77. The molecule has 0 bridgehead atoms. The van der Waals surface area contributed by atoms with E-state index in [1.165, 1.54) is 0 Å². The molecule has 0 radical (unpaired) electrons. The molecule has 0 aliphatic carbocycles. The smallest absolute Gasteiger partial charge is 0.261 e. The first-order valence-corrected chi connectivity index (χ1v) is 6.83. The van der Waals surface area contributed by atoms with Gasteiger partial charge in [-0.3, -0.25) is 0 Å². The lowest BCUT2D eigenvalue weighted by molar-refractivity contribution is 0.389. The Balaban J connectivity index is 2.32. The molecule has 1 unspecified atom stereocenters. The molecule has 0 N–H and O–H groups in total. The SMILES string of the molecule is CCCC(Cl)c1noc(-c2ccc(OC)cc2OC)n1.